The zero-order valence-corrected chi connectivity index (χ0v) is 12.0. The highest BCUT2D eigenvalue weighted by atomic mass is 16.5. The van der Waals surface area contributed by atoms with Crippen LogP contribution in [0, 0.1) is 19.8 Å². The fourth-order valence-corrected chi connectivity index (χ4v) is 2.38. The molecular weight excluding hydrogens is 228 g/mol. The number of hydrogen-bond donors (Lipinski definition) is 0. The van der Waals surface area contributed by atoms with Gasteiger partial charge in [0.1, 0.15) is 5.75 Å². The van der Waals surface area contributed by atoms with Gasteiger partial charge in [-0.05, 0) is 25.3 Å². The Balaban J connectivity index is 3.39. The Labute approximate surface area is 109 Å². The molecule has 0 heterocycles. The smallest absolute Gasteiger partial charge is 0.313 e. The maximum atomic E-state index is 12.0. The molecule has 0 fully saturated rings. The predicted octanol–water partition coefficient (Wildman–Crippen LogP) is 3.22. The molecule has 1 atom stereocenters. The van der Waals surface area contributed by atoms with Gasteiger partial charge in [0.2, 0.25) is 0 Å². The normalized spacial score (nSPS) is 12.4. The molecule has 18 heavy (non-hydrogen) atoms. The second kappa shape index (κ2) is 5.89. The summed E-state index contributed by atoms with van der Waals surface area (Å²) < 4.78 is 10.4. The summed E-state index contributed by atoms with van der Waals surface area (Å²) in [7, 11) is 3.06. The van der Waals surface area contributed by atoms with Crippen molar-refractivity contribution in [2.45, 2.75) is 33.6 Å². The van der Waals surface area contributed by atoms with Gasteiger partial charge in [0.25, 0.3) is 0 Å². The summed E-state index contributed by atoms with van der Waals surface area (Å²) in [6.45, 7) is 8.03. The highest BCUT2D eigenvalue weighted by Gasteiger charge is 2.28. The van der Waals surface area contributed by atoms with Crippen molar-refractivity contribution in [2.24, 2.45) is 5.92 Å². The maximum Gasteiger partial charge on any atom is 0.313 e. The summed E-state index contributed by atoms with van der Waals surface area (Å²) >= 11 is 0. The number of methoxy groups -OCH3 is 2. The van der Waals surface area contributed by atoms with Gasteiger partial charge >= 0.3 is 5.97 Å². The summed E-state index contributed by atoms with van der Waals surface area (Å²) in [4.78, 5) is 12.0. The second-order valence-electron chi connectivity index (χ2n) is 4.95. The number of carbonyl (C=O) groups is 1. The molecule has 1 aromatic carbocycles. The summed E-state index contributed by atoms with van der Waals surface area (Å²) in [6.07, 6.45) is 0. The average Bonchev–Trinajstić information content (AvgIpc) is 2.28. The number of rotatable bonds is 4. The third kappa shape index (κ3) is 2.84. The SMILES string of the molecule is COC(=O)C(c1cc(C)cc(C)c1OC)C(C)C. The molecular formula is C15H22O3. The van der Waals surface area contributed by atoms with E-state index >= 15 is 0 Å². The van der Waals surface area contributed by atoms with Crippen molar-refractivity contribution in [3.05, 3.63) is 28.8 Å². The monoisotopic (exact) mass is 250 g/mol. The third-order valence-electron chi connectivity index (χ3n) is 3.11. The maximum absolute atomic E-state index is 12.0. The topological polar surface area (TPSA) is 35.5 Å². The van der Waals surface area contributed by atoms with Crippen LogP contribution in [-0.2, 0) is 9.53 Å². The van der Waals surface area contributed by atoms with E-state index in [0.29, 0.717) is 0 Å². The van der Waals surface area contributed by atoms with E-state index in [4.69, 9.17) is 9.47 Å². The largest absolute Gasteiger partial charge is 0.496 e. The molecule has 0 N–H and O–H groups in total. The first kappa shape index (κ1) is 14.6. The zero-order valence-electron chi connectivity index (χ0n) is 12.0. The lowest BCUT2D eigenvalue weighted by Crippen LogP contribution is -2.20. The van der Waals surface area contributed by atoms with E-state index in [-0.39, 0.29) is 17.8 Å². The molecule has 1 unspecified atom stereocenters. The molecule has 0 aromatic heterocycles. The Morgan fingerprint density at radius 2 is 1.78 bits per heavy atom. The summed E-state index contributed by atoms with van der Waals surface area (Å²) in [5.74, 6) is 0.439. The quantitative estimate of drug-likeness (QED) is 0.770. The number of carbonyl (C=O) groups excluding carboxylic acids is 1. The first-order valence-corrected chi connectivity index (χ1v) is 6.15. The number of aryl methyl sites for hydroxylation is 2. The molecule has 0 radical (unpaired) electrons. The van der Waals surface area contributed by atoms with E-state index in [9.17, 15) is 4.79 Å². The van der Waals surface area contributed by atoms with Crippen molar-refractivity contribution in [1.82, 2.24) is 0 Å². The van der Waals surface area contributed by atoms with Crippen LogP contribution in [0.1, 0.15) is 36.5 Å². The molecule has 0 bridgehead atoms. The van der Waals surface area contributed by atoms with Crippen LogP contribution in [0.25, 0.3) is 0 Å². The van der Waals surface area contributed by atoms with Crippen LogP contribution in [0.3, 0.4) is 0 Å². The predicted molar refractivity (Wildman–Crippen MR) is 72.1 cm³/mol. The van der Waals surface area contributed by atoms with Gasteiger partial charge in [-0.2, -0.15) is 0 Å². The van der Waals surface area contributed by atoms with Crippen LogP contribution in [0.4, 0.5) is 0 Å². The Bertz CT molecular complexity index is 436. The lowest BCUT2D eigenvalue weighted by atomic mass is 9.86. The van der Waals surface area contributed by atoms with Gasteiger partial charge in [-0.15, -0.1) is 0 Å². The minimum absolute atomic E-state index is 0.160. The molecule has 3 heteroatoms. The molecule has 1 rings (SSSR count). The molecule has 0 aliphatic rings. The van der Waals surface area contributed by atoms with Crippen molar-refractivity contribution in [3.8, 4) is 5.75 Å². The third-order valence-corrected chi connectivity index (χ3v) is 3.11. The molecule has 0 aliphatic carbocycles. The highest BCUT2D eigenvalue weighted by molar-refractivity contribution is 5.79. The van der Waals surface area contributed by atoms with Crippen molar-refractivity contribution < 1.29 is 14.3 Å². The number of benzene rings is 1. The first-order chi connectivity index (χ1) is 8.42. The van der Waals surface area contributed by atoms with E-state index in [0.717, 1.165) is 22.4 Å². The number of ether oxygens (including phenoxy) is 2. The van der Waals surface area contributed by atoms with Crippen molar-refractivity contribution in [1.29, 1.82) is 0 Å². The summed E-state index contributed by atoms with van der Waals surface area (Å²) in [5, 5.41) is 0. The van der Waals surface area contributed by atoms with Gasteiger partial charge in [-0.25, -0.2) is 0 Å². The fraction of sp³-hybridized carbons (Fsp3) is 0.533. The molecule has 0 spiro atoms. The lowest BCUT2D eigenvalue weighted by Gasteiger charge is -2.22. The minimum Gasteiger partial charge on any atom is -0.496 e. The first-order valence-electron chi connectivity index (χ1n) is 6.15. The standard InChI is InChI=1S/C15H22O3/c1-9(2)13(15(16)18-6)12-8-10(3)7-11(4)14(12)17-5/h7-9,13H,1-6H3. The molecule has 0 aliphatic heterocycles. The number of hydrogen-bond acceptors (Lipinski definition) is 3. The van der Waals surface area contributed by atoms with Crippen LogP contribution in [0.5, 0.6) is 5.75 Å². The van der Waals surface area contributed by atoms with E-state index in [1.165, 1.54) is 7.11 Å². The fourth-order valence-electron chi connectivity index (χ4n) is 2.38. The second-order valence-corrected chi connectivity index (χ2v) is 4.95. The summed E-state index contributed by atoms with van der Waals surface area (Å²) in [5.41, 5.74) is 3.08. The van der Waals surface area contributed by atoms with E-state index in [1.807, 2.05) is 33.8 Å². The zero-order chi connectivity index (χ0) is 13.9. The molecule has 1 aromatic rings. The van der Waals surface area contributed by atoms with Gasteiger partial charge < -0.3 is 9.47 Å². The van der Waals surface area contributed by atoms with Gasteiger partial charge in [-0.1, -0.05) is 31.5 Å². The molecule has 0 saturated carbocycles. The van der Waals surface area contributed by atoms with E-state index in [1.54, 1.807) is 7.11 Å². The minimum atomic E-state index is -0.288. The Morgan fingerprint density at radius 1 is 1.17 bits per heavy atom. The van der Waals surface area contributed by atoms with Crippen molar-refractivity contribution >= 4 is 5.97 Å². The van der Waals surface area contributed by atoms with Crippen LogP contribution < -0.4 is 4.74 Å². The van der Waals surface area contributed by atoms with Crippen molar-refractivity contribution in [3.63, 3.8) is 0 Å². The van der Waals surface area contributed by atoms with Crippen LogP contribution in [-0.4, -0.2) is 20.2 Å². The highest BCUT2D eigenvalue weighted by Crippen LogP contribution is 2.36. The summed E-state index contributed by atoms with van der Waals surface area (Å²) in [6, 6.07) is 4.06. The van der Waals surface area contributed by atoms with Gasteiger partial charge in [0, 0.05) is 5.56 Å². The molecule has 3 nitrogen and oxygen atoms in total. The average molecular weight is 250 g/mol. The van der Waals surface area contributed by atoms with Gasteiger partial charge in [0.05, 0.1) is 20.1 Å². The number of esters is 1. The van der Waals surface area contributed by atoms with Crippen LogP contribution in [0.15, 0.2) is 12.1 Å². The van der Waals surface area contributed by atoms with E-state index in [2.05, 4.69) is 6.07 Å². The molecule has 0 saturated heterocycles. The van der Waals surface area contributed by atoms with Gasteiger partial charge in [-0.3, -0.25) is 4.79 Å². The van der Waals surface area contributed by atoms with Crippen molar-refractivity contribution in [2.75, 3.05) is 14.2 Å². The van der Waals surface area contributed by atoms with Crippen LogP contribution in [0.2, 0.25) is 0 Å². The van der Waals surface area contributed by atoms with E-state index < -0.39 is 0 Å². The van der Waals surface area contributed by atoms with Gasteiger partial charge in [0.15, 0.2) is 0 Å². The Hall–Kier alpha value is -1.51. The Morgan fingerprint density at radius 3 is 2.22 bits per heavy atom. The molecule has 100 valence electrons. The Kier molecular flexibility index (Phi) is 4.76. The molecule has 0 amide bonds. The van der Waals surface area contributed by atoms with Crippen LogP contribution >= 0.6 is 0 Å². The lowest BCUT2D eigenvalue weighted by molar-refractivity contribution is -0.143.